The third kappa shape index (κ3) is 4.40. The number of carbonyl (C=O) groups is 2. The summed E-state index contributed by atoms with van der Waals surface area (Å²) in [4.78, 5) is 25.8. The van der Waals surface area contributed by atoms with Crippen LogP contribution in [0.1, 0.15) is 18.1 Å². The van der Waals surface area contributed by atoms with Crippen molar-refractivity contribution in [2.75, 3.05) is 18.4 Å². The van der Waals surface area contributed by atoms with Crippen LogP contribution in [0.25, 0.3) is 0 Å². The van der Waals surface area contributed by atoms with E-state index in [4.69, 9.17) is 28.3 Å². The highest BCUT2D eigenvalue weighted by Gasteiger charge is 2.49. The van der Waals surface area contributed by atoms with Crippen LogP contribution in [-0.2, 0) is 15.0 Å². The summed E-state index contributed by atoms with van der Waals surface area (Å²) in [6.07, 6.45) is 0. The number of Topliss-reactive ketones (excluding diaryl/α,β-unsaturated/α-hetero) is 1. The van der Waals surface area contributed by atoms with Gasteiger partial charge >= 0.3 is 0 Å². The Labute approximate surface area is 196 Å². The molecule has 1 unspecified atom stereocenters. The monoisotopic (exact) mass is 465 g/mol. The minimum Gasteiger partial charge on any atom is -0.324 e. The van der Waals surface area contributed by atoms with Gasteiger partial charge in [-0.2, -0.15) is 5.10 Å². The van der Waals surface area contributed by atoms with E-state index in [2.05, 4.69) is 5.32 Å². The van der Waals surface area contributed by atoms with Gasteiger partial charge in [0.25, 0.3) is 0 Å². The number of nitrogens with zero attached hydrogens (tertiary/aromatic N) is 2. The van der Waals surface area contributed by atoms with E-state index in [1.807, 2.05) is 42.5 Å². The minimum atomic E-state index is -0.990. The van der Waals surface area contributed by atoms with E-state index in [1.54, 1.807) is 48.3 Å². The molecule has 7 heteroatoms. The summed E-state index contributed by atoms with van der Waals surface area (Å²) in [5.74, 6) is -0.281. The van der Waals surface area contributed by atoms with Gasteiger partial charge in [0.1, 0.15) is 17.7 Å². The lowest BCUT2D eigenvalue weighted by atomic mass is 9.71. The number of halogens is 2. The van der Waals surface area contributed by atoms with Crippen LogP contribution in [0.2, 0.25) is 10.0 Å². The molecule has 1 atom stereocenters. The van der Waals surface area contributed by atoms with Crippen molar-refractivity contribution in [2.45, 2.75) is 12.3 Å². The Morgan fingerprint density at radius 1 is 0.938 bits per heavy atom. The number of hydrogen-bond acceptors (Lipinski definition) is 4. The summed E-state index contributed by atoms with van der Waals surface area (Å²) in [7, 11) is 0. The molecule has 0 saturated heterocycles. The molecule has 0 radical (unpaired) electrons. The molecule has 0 aliphatic carbocycles. The fourth-order valence-corrected chi connectivity index (χ4v) is 4.20. The quantitative estimate of drug-likeness (QED) is 0.545. The van der Waals surface area contributed by atoms with Gasteiger partial charge in [-0.05, 0) is 54.4 Å². The Hall–Kier alpha value is -3.15. The second-order valence-corrected chi connectivity index (χ2v) is 8.53. The Kier molecular flexibility index (Phi) is 6.31. The van der Waals surface area contributed by atoms with E-state index >= 15 is 0 Å². The highest BCUT2D eigenvalue weighted by molar-refractivity contribution is 6.31. The van der Waals surface area contributed by atoms with Gasteiger partial charge in [0, 0.05) is 15.7 Å². The van der Waals surface area contributed by atoms with Crippen molar-refractivity contribution in [3.63, 3.8) is 0 Å². The average molecular weight is 466 g/mol. The molecule has 0 aromatic heterocycles. The summed E-state index contributed by atoms with van der Waals surface area (Å²) in [6, 6.07) is 23.7. The summed E-state index contributed by atoms with van der Waals surface area (Å²) in [6.45, 7) is 1.83. The number of anilines is 1. The number of nitrogens with one attached hydrogen (secondary N) is 1. The number of ketones is 1. The van der Waals surface area contributed by atoms with E-state index < -0.39 is 5.41 Å². The molecule has 32 heavy (non-hydrogen) atoms. The maximum Gasteiger partial charge on any atom is 0.245 e. The van der Waals surface area contributed by atoms with E-state index in [0.29, 0.717) is 21.4 Å². The zero-order valence-electron chi connectivity index (χ0n) is 17.4. The van der Waals surface area contributed by atoms with Crippen LogP contribution in [0.15, 0.2) is 84.0 Å². The molecule has 1 aliphatic heterocycles. The Balaban J connectivity index is 1.67. The van der Waals surface area contributed by atoms with Gasteiger partial charge < -0.3 is 5.32 Å². The maximum absolute atomic E-state index is 13.1. The van der Waals surface area contributed by atoms with E-state index in [-0.39, 0.29) is 24.8 Å². The molecule has 1 aliphatic rings. The van der Waals surface area contributed by atoms with E-state index in [1.165, 1.54) is 0 Å². The van der Waals surface area contributed by atoms with Gasteiger partial charge in [0.05, 0.1) is 12.3 Å². The molecule has 3 aromatic rings. The largest absolute Gasteiger partial charge is 0.324 e. The predicted octanol–water partition coefficient (Wildman–Crippen LogP) is 5.18. The second-order valence-electron chi connectivity index (χ2n) is 7.66. The van der Waals surface area contributed by atoms with Gasteiger partial charge in [-0.1, -0.05) is 65.7 Å². The molecule has 162 valence electrons. The molecule has 3 aromatic carbocycles. The fourth-order valence-electron chi connectivity index (χ4n) is 3.95. The third-order valence-corrected chi connectivity index (χ3v) is 6.01. The summed E-state index contributed by atoms with van der Waals surface area (Å²) in [5, 5.41) is 10.4. The predicted molar refractivity (Wildman–Crippen MR) is 128 cm³/mol. The van der Waals surface area contributed by atoms with Crippen LogP contribution in [-0.4, -0.2) is 35.5 Å². The van der Waals surface area contributed by atoms with Gasteiger partial charge in [0.2, 0.25) is 5.91 Å². The molecule has 5 nitrogen and oxygen atoms in total. The van der Waals surface area contributed by atoms with Crippen LogP contribution in [0.3, 0.4) is 0 Å². The number of amides is 1. The molecule has 1 heterocycles. The minimum absolute atomic E-state index is 0.00157. The van der Waals surface area contributed by atoms with Crippen molar-refractivity contribution < 1.29 is 9.59 Å². The van der Waals surface area contributed by atoms with Gasteiger partial charge in [-0.25, -0.2) is 0 Å². The average Bonchev–Trinajstić information content (AvgIpc) is 3.17. The molecule has 4 rings (SSSR count). The smallest absolute Gasteiger partial charge is 0.245 e. The van der Waals surface area contributed by atoms with Crippen molar-refractivity contribution in [1.82, 2.24) is 5.01 Å². The molecule has 0 bridgehead atoms. The lowest BCUT2D eigenvalue weighted by molar-refractivity contribution is -0.121. The zero-order valence-corrected chi connectivity index (χ0v) is 18.9. The summed E-state index contributed by atoms with van der Waals surface area (Å²) in [5.41, 5.74) is 1.87. The number of hydrazone groups is 1. The molecule has 1 amide bonds. The highest BCUT2D eigenvalue weighted by atomic mass is 35.5. The first-order valence-corrected chi connectivity index (χ1v) is 10.9. The standard InChI is InChI=1S/C25H21Cl2N3O2/c1-17(31)25(19-5-3-2-4-6-19)16-30(29-24(25)18-7-9-20(26)10-8-18)15-23(32)28-22-13-11-21(27)12-14-22/h2-14H,15-16H2,1H3,(H,28,32). The third-order valence-electron chi connectivity index (χ3n) is 5.50. The van der Waals surface area contributed by atoms with Gasteiger partial charge in [-0.15, -0.1) is 0 Å². The van der Waals surface area contributed by atoms with E-state index in [0.717, 1.165) is 11.1 Å². The molecule has 0 saturated carbocycles. The SMILES string of the molecule is CC(=O)C1(c2ccccc2)CN(CC(=O)Nc2ccc(Cl)cc2)N=C1c1ccc(Cl)cc1. The van der Waals surface area contributed by atoms with Crippen molar-refractivity contribution in [1.29, 1.82) is 0 Å². The van der Waals surface area contributed by atoms with Crippen LogP contribution >= 0.6 is 23.2 Å². The first kappa shape index (κ1) is 22.1. The summed E-state index contributed by atoms with van der Waals surface area (Å²) >= 11 is 12.0. The van der Waals surface area contributed by atoms with Crippen LogP contribution < -0.4 is 5.32 Å². The van der Waals surface area contributed by atoms with Gasteiger partial charge in [-0.3, -0.25) is 14.6 Å². The van der Waals surface area contributed by atoms with Crippen LogP contribution in [0.4, 0.5) is 5.69 Å². The normalized spacial score (nSPS) is 17.7. The molecule has 0 fully saturated rings. The summed E-state index contributed by atoms with van der Waals surface area (Å²) < 4.78 is 0. The molecule has 0 spiro atoms. The number of benzene rings is 3. The maximum atomic E-state index is 13.1. The van der Waals surface area contributed by atoms with Crippen molar-refractivity contribution in [2.24, 2.45) is 5.10 Å². The topological polar surface area (TPSA) is 61.8 Å². The van der Waals surface area contributed by atoms with Crippen molar-refractivity contribution in [3.8, 4) is 0 Å². The number of hydrogen-bond donors (Lipinski definition) is 1. The number of rotatable bonds is 6. The van der Waals surface area contributed by atoms with E-state index in [9.17, 15) is 9.59 Å². The molecular formula is C25H21Cl2N3O2. The van der Waals surface area contributed by atoms with Crippen molar-refractivity contribution in [3.05, 3.63) is 100 Å². The molecular weight excluding hydrogens is 445 g/mol. The van der Waals surface area contributed by atoms with Crippen LogP contribution in [0, 0.1) is 0 Å². The first-order valence-electron chi connectivity index (χ1n) is 10.1. The van der Waals surface area contributed by atoms with Gasteiger partial charge in [0.15, 0.2) is 0 Å². The van der Waals surface area contributed by atoms with Crippen LogP contribution in [0.5, 0.6) is 0 Å². The lowest BCUT2D eigenvalue weighted by Gasteiger charge is -2.29. The Morgan fingerprint density at radius 3 is 2.12 bits per heavy atom. The zero-order chi connectivity index (χ0) is 22.7. The lowest BCUT2D eigenvalue weighted by Crippen LogP contribution is -2.46. The Morgan fingerprint density at radius 2 is 1.53 bits per heavy atom. The molecule has 1 N–H and O–H groups in total. The fraction of sp³-hybridized carbons (Fsp3) is 0.160. The first-order chi connectivity index (χ1) is 15.4. The van der Waals surface area contributed by atoms with Crippen molar-refractivity contribution >= 4 is 46.3 Å². The second kappa shape index (κ2) is 9.15. The number of carbonyl (C=O) groups excluding carboxylic acids is 2. The highest BCUT2D eigenvalue weighted by Crippen LogP contribution is 2.36. The Bertz CT molecular complexity index is 1160.